The van der Waals surface area contributed by atoms with Crippen LogP contribution in [0.2, 0.25) is 0 Å². The van der Waals surface area contributed by atoms with Gasteiger partial charge in [-0.2, -0.15) is 0 Å². The number of ether oxygens (including phenoxy) is 1. The van der Waals surface area contributed by atoms with Crippen molar-refractivity contribution in [3.8, 4) is 5.75 Å². The highest BCUT2D eigenvalue weighted by atomic mass is 32.2. The van der Waals surface area contributed by atoms with Gasteiger partial charge in [-0.15, -0.1) is 0 Å². The number of aromatic nitrogens is 1. The van der Waals surface area contributed by atoms with Gasteiger partial charge in [0.05, 0.1) is 33.5 Å². The van der Waals surface area contributed by atoms with Crippen molar-refractivity contribution < 1.29 is 17.9 Å². The summed E-state index contributed by atoms with van der Waals surface area (Å²) in [5.41, 5.74) is 1.34. The number of likely N-dealkylation sites (tertiary alicyclic amines) is 1. The Morgan fingerprint density at radius 2 is 1.88 bits per heavy atom. The molecule has 1 fully saturated rings. The first-order chi connectivity index (χ1) is 15.3. The molecule has 0 atom stereocenters. The first kappa shape index (κ1) is 22.3. The molecular formula is C22H25N3O5S2. The Balaban J connectivity index is 1.65. The van der Waals surface area contributed by atoms with E-state index in [2.05, 4.69) is 4.72 Å². The Kier molecular flexibility index (Phi) is 6.25. The first-order valence-electron chi connectivity index (χ1n) is 10.5. The van der Waals surface area contributed by atoms with Crippen molar-refractivity contribution in [1.82, 2.24) is 9.47 Å². The average molecular weight is 476 g/mol. The van der Waals surface area contributed by atoms with E-state index in [-0.39, 0.29) is 21.2 Å². The average Bonchev–Trinajstić information content (AvgIpc) is 3.12. The van der Waals surface area contributed by atoms with Gasteiger partial charge in [-0.05, 0) is 62.6 Å². The van der Waals surface area contributed by atoms with Crippen LogP contribution >= 0.6 is 11.3 Å². The number of carbonyl (C=O) groups excluding carboxylic acids is 1. The number of thiazole rings is 1. The second-order valence-electron chi connectivity index (χ2n) is 7.62. The Morgan fingerprint density at radius 1 is 1.12 bits per heavy atom. The second-order valence-corrected chi connectivity index (χ2v) is 10.3. The second kappa shape index (κ2) is 8.95. The van der Waals surface area contributed by atoms with Gasteiger partial charge in [0.15, 0.2) is 0 Å². The number of hydrogen-bond acceptors (Lipinski definition) is 6. The standard InChI is InChI=1S/C22H25N3O5S2/c1-3-25-18-9-7-15(13-20(18)31-22(25)27)23-32(28,29)16-8-10-19(30-2)17(14-16)21(26)24-11-5-4-6-12-24/h7-10,13-14,23H,3-6,11-12H2,1-2H3. The zero-order valence-corrected chi connectivity index (χ0v) is 19.6. The van der Waals surface area contributed by atoms with E-state index in [4.69, 9.17) is 4.74 Å². The van der Waals surface area contributed by atoms with Crippen LogP contribution in [-0.4, -0.2) is 44.0 Å². The van der Waals surface area contributed by atoms with Gasteiger partial charge < -0.3 is 9.64 Å². The molecule has 1 amide bonds. The summed E-state index contributed by atoms with van der Waals surface area (Å²) in [6, 6.07) is 9.28. The molecule has 1 aromatic heterocycles. The first-order valence-corrected chi connectivity index (χ1v) is 12.8. The van der Waals surface area contributed by atoms with E-state index in [1.807, 2.05) is 6.92 Å². The smallest absolute Gasteiger partial charge is 0.308 e. The molecule has 1 aliphatic heterocycles. The predicted octanol–water partition coefficient (Wildman–Crippen LogP) is 3.52. The van der Waals surface area contributed by atoms with Crippen LogP contribution in [0.4, 0.5) is 5.69 Å². The largest absolute Gasteiger partial charge is 0.496 e. The highest BCUT2D eigenvalue weighted by Gasteiger charge is 2.24. The summed E-state index contributed by atoms with van der Waals surface area (Å²) in [5, 5.41) is 0. The fourth-order valence-electron chi connectivity index (χ4n) is 3.93. The lowest BCUT2D eigenvalue weighted by atomic mass is 10.1. The number of anilines is 1. The summed E-state index contributed by atoms with van der Waals surface area (Å²) < 4.78 is 36.4. The van der Waals surface area contributed by atoms with Crippen molar-refractivity contribution in [2.75, 3.05) is 24.9 Å². The van der Waals surface area contributed by atoms with Crippen LogP contribution in [0, 0.1) is 0 Å². The summed E-state index contributed by atoms with van der Waals surface area (Å²) in [6.07, 6.45) is 2.95. The molecule has 3 aromatic rings. The number of rotatable bonds is 6. The van der Waals surface area contributed by atoms with Gasteiger partial charge in [0.2, 0.25) is 0 Å². The number of nitrogens with one attached hydrogen (secondary N) is 1. The number of methoxy groups -OCH3 is 1. The molecular weight excluding hydrogens is 450 g/mol. The number of carbonyl (C=O) groups is 1. The van der Waals surface area contributed by atoms with Gasteiger partial charge >= 0.3 is 4.87 Å². The Morgan fingerprint density at radius 3 is 2.56 bits per heavy atom. The van der Waals surface area contributed by atoms with Gasteiger partial charge in [0, 0.05) is 19.6 Å². The fraction of sp³-hybridized carbons (Fsp3) is 0.364. The van der Waals surface area contributed by atoms with Gasteiger partial charge in [-0.25, -0.2) is 8.42 Å². The van der Waals surface area contributed by atoms with Crippen molar-refractivity contribution >= 4 is 43.2 Å². The topological polar surface area (TPSA) is 97.7 Å². The molecule has 1 aliphatic rings. The molecule has 0 radical (unpaired) electrons. The van der Waals surface area contributed by atoms with Crippen molar-refractivity contribution in [2.24, 2.45) is 0 Å². The van der Waals surface area contributed by atoms with E-state index < -0.39 is 10.0 Å². The Labute approximate surface area is 190 Å². The van der Waals surface area contributed by atoms with Crippen LogP contribution in [0.3, 0.4) is 0 Å². The minimum Gasteiger partial charge on any atom is -0.496 e. The molecule has 4 rings (SSSR count). The van der Waals surface area contributed by atoms with Crippen molar-refractivity contribution in [1.29, 1.82) is 0 Å². The van der Waals surface area contributed by atoms with E-state index in [1.165, 1.54) is 25.3 Å². The number of fused-ring (bicyclic) bond motifs is 1. The molecule has 2 aromatic carbocycles. The van der Waals surface area contributed by atoms with E-state index in [0.29, 0.717) is 35.8 Å². The summed E-state index contributed by atoms with van der Waals surface area (Å²) >= 11 is 1.07. The lowest BCUT2D eigenvalue weighted by Crippen LogP contribution is -2.35. The number of amides is 1. The molecule has 0 unspecified atom stereocenters. The van der Waals surface area contributed by atoms with Crippen molar-refractivity contribution in [3.63, 3.8) is 0 Å². The van der Waals surface area contributed by atoms with Crippen LogP contribution in [0.5, 0.6) is 5.75 Å². The summed E-state index contributed by atoms with van der Waals surface area (Å²) in [7, 11) is -2.50. The van der Waals surface area contributed by atoms with Crippen LogP contribution < -0.4 is 14.3 Å². The fourth-order valence-corrected chi connectivity index (χ4v) is 6.00. The summed E-state index contributed by atoms with van der Waals surface area (Å²) in [6.45, 7) is 3.73. The number of nitrogens with zero attached hydrogens (tertiary/aromatic N) is 2. The maximum absolute atomic E-state index is 13.1. The van der Waals surface area contributed by atoms with Crippen molar-refractivity contribution in [2.45, 2.75) is 37.6 Å². The third kappa shape index (κ3) is 4.24. The number of aryl methyl sites for hydroxylation is 1. The quantitative estimate of drug-likeness (QED) is 0.588. The predicted molar refractivity (Wildman–Crippen MR) is 125 cm³/mol. The maximum Gasteiger partial charge on any atom is 0.308 e. The molecule has 0 aliphatic carbocycles. The molecule has 8 nitrogen and oxygen atoms in total. The minimum atomic E-state index is -3.96. The third-order valence-electron chi connectivity index (χ3n) is 5.59. The lowest BCUT2D eigenvalue weighted by Gasteiger charge is -2.27. The number of piperidine rings is 1. The van der Waals surface area contributed by atoms with E-state index in [9.17, 15) is 18.0 Å². The van der Waals surface area contributed by atoms with E-state index in [1.54, 1.807) is 27.7 Å². The number of hydrogen-bond donors (Lipinski definition) is 1. The van der Waals surface area contributed by atoms with Crippen molar-refractivity contribution in [3.05, 3.63) is 51.6 Å². The maximum atomic E-state index is 13.1. The number of sulfonamides is 1. The van der Waals surface area contributed by atoms with Gasteiger partial charge in [-0.1, -0.05) is 11.3 Å². The van der Waals surface area contributed by atoms with E-state index >= 15 is 0 Å². The molecule has 0 spiro atoms. The molecule has 10 heteroatoms. The van der Waals surface area contributed by atoms with Gasteiger partial charge in [0.25, 0.3) is 15.9 Å². The lowest BCUT2D eigenvalue weighted by molar-refractivity contribution is 0.0720. The highest BCUT2D eigenvalue weighted by Crippen LogP contribution is 2.28. The molecule has 0 saturated carbocycles. The molecule has 170 valence electrons. The zero-order chi connectivity index (χ0) is 22.9. The van der Waals surface area contributed by atoms with Crippen LogP contribution in [-0.2, 0) is 16.6 Å². The summed E-state index contributed by atoms with van der Waals surface area (Å²) in [5.74, 6) is 0.109. The normalized spacial score (nSPS) is 14.5. The Bertz CT molecular complexity index is 1320. The van der Waals surface area contributed by atoms with Gasteiger partial charge in [0.1, 0.15) is 5.75 Å². The van der Waals surface area contributed by atoms with Gasteiger partial charge in [-0.3, -0.25) is 18.9 Å². The molecule has 2 heterocycles. The third-order valence-corrected chi connectivity index (χ3v) is 7.91. The summed E-state index contributed by atoms with van der Waals surface area (Å²) in [4.78, 5) is 26.7. The molecule has 0 bridgehead atoms. The van der Waals surface area contributed by atoms with Crippen LogP contribution in [0.25, 0.3) is 10.2 Å². The molecule has 1 saturated heterocycles. The SMILES string of the molecule is CCn1c(=O)sc2cc(NS(=O)(=O)c3ccc(OC)c(C(=O)N4CCCCC4)c3)ccc21. The zero-order valence-electron chi connectivity index (χ0n) is 18.0. The van der Waals surface area contributed by atoms with Crippen LogP contribution in [0.15, 0.2) is 46.1 Å². The molecule has 1 N–H and O–H groups in total. The monoisotopic (exact) mass is 475 g/mol. The molecule has 32 heavy (non-hydrogen) atoms. The minimum absolute atomic E-state index is 0.0296. The van der Waals surface area contributed by atoms with E-state index in [0.717, 1.165) is 36.1 Å². The highest BCUT2D eigenvalue weighted by molar-refractivity contribution is 7.92. The number of benzene rings is 2. The Hall–Kier alpha value is -2.85. The van der Waals surface area contributed by atoms with Crippen LogP contribution in [0.1, 0.15) is 36.5 Å².